The van der Waals surface area contributed by atoms with Crippen LogP contribution in [0.1, 0.15) is 49.7 Å². The largest absolute Gasteiger partial charge is 0.493 e. The number of hydrogen-bond acceptors (Lipinski definition) is 8. The Hall–Kier alpha value is -3.81. The molecule has 1 heterocycles. The number of carbonyl (C=O) groups excluding carboxylic acids is 2. The zero-order valence-electron chi connectivity index (χ0n) is 22.1. The average Bonchev–Trinajstić information content (AvgIpc) is 2.91. The summed E-state index contributed by atoms with van der Waals surface area (Å²) >= 11 is 0. The molecule has 0 amide bonds. The summed E-state index contributed by atoms with van der Waals surface area (Å²) in [5, 5.41) is 0. The van der Waals surface area contributed by atoms with E-state index in [0.29, 0.717) is 53.7 Å². The van der Waals surface area contributed by atoms with E-state index >= 15 is 0 Å². The van der Waals surface area contributed by atoms with Crippen molar-refractivity contribution in [2.45, 2.75) is 38.5 Å². The summed E-state index contributed by atoms with van der Waals surface area (Å²) in [4.78, 5) is 31.5. The molecule has 8 nitrogen and oxygen atoms in total. The molecule has 1 unspecified atom stereocenters. The van der Waals surface area contributed by atoms with Gasteiger partial charge in [0.15, 0.2) is 23.0 Å². The van der Waals surface area contributed by atoms with Crippen LogP contribution >= 0.6 is 0 Å². The highest BCUT2D eigenvalue weighted by Gasteiger charge is 2.46. The van der Waals surface area contributed by atoms with E-state index in [1.165, 1.54) is 7.11 Å². The predicted molar refractivity (Wildman–Crippen MR) is 139 cm³/mol. The van der Waals surface area contributed by atoms with Gasteiger partial charge in [0.1, 0.15) is 5.78 Å². The average molecular weight is 508 g/mol. The summed E-state index contributed by atoms with van der Waals surface area (Å²) in [6.07, 6.45) is 0.902. The first-order valence-corrected chi connectivity index (χ1v) is 12.3. The van der Waals surface area contributed by atoms with Crippen LogP contribution in [0.4, 0.5) is 0 Å². The van der Waals surface area contributed by atoms with E-state index in [9.17, 15) is 9.59 Å². The van der Waals surface area contributed by atoms with Crippen LogP contribution in [0, 0.1) is 5.92 Å². The minimum Gasteiger partial charge on any atom is -0.493 e. The lowest BCUT2D eigenvalue weighted by molar-refractivity contribution is -0.136. The lowest BCUT2D eigenvalue weighted by atomic mass is 9.66. The van der Waals surface area contributed by atoms with E-state index < -0.39 is 17.8 Å². The van der Waals surface area contributed by atoms with E-state index in [-0.39, 0.29) is 11.7 Å². The van der Waals surface area contributed by atoms with E-state index in [4.69, 9.17) is 28.7 Å². The minimum absolute atomic E-state index is 0.0246. The number of allylic oxidation sites excluding steroid dienone is 1. The third-order valence-electron chi connectivity index (χ3n) is 7.09. The van der Waals surface area contributed by atoms with Gasteiger partial charge in [0, 0.05) is 23.7 Å². The number of aliphatic imine (C=N–C) groups is 1. The highest BCUT2D eigenvalue weighted by atomic mass is 16.5. The molecule has 196 valence electrons. The highest BCUT2D eigenvalue weighted by Crippen LogP contribution is 2.47. The third-order valence-corrected chi connectivity index (χ3v) is 7.09. The van der Waals surface area contributed by atoms with Crippen molar-refractivity contribution < 1.29 is 33.3 Å². The topological polar surface area (TPSA) is 92.7 Å². The van der Waals surface area contributed by atoms with Gasteiger partial charge in [-0.15, -0.1) is 0 Å². The maximum absolute atomic E-state index is 13.8. The van der Waals surface area contributed by atoms with Gasteiger partial charge in [0.2, 0.25) is 0 Å². The van der Waals surface area contributed by atoms with Crippen molar-refractivity contribution in [1.29, 1.82) is 0 Å². The molecule has 1 fully saturated rings. The van der Waals surface area contributed by atoms with E-state index in [0.717, 1.165) is 16.8 Å². The fourth-order valence-corrected chi connectivity index (χ4v) is 5.41. The van der Waals surface area contributed by atoms with E-state index in [1.807, 2.05) is 43.3 Å². The van der Waals surface area contributed by atoms with Gasteiger partial charge < -0.3 is 23.7 Å². The quantitative estimate of drug-likeness (QED) is 0.471. The maximum Gasteiger partial charge on any atom is 0.336 e. The number of carbonyl (C=O) groups is 2. The first-order valence-electron chi connectivity index (χ1n) is 12.3. The molecule has 0 saturated heterocycles. The van der Waals surface area contributed by atoms with Crippen LogP contribution in [-0.4, -0.2) is 52.5 Å². The van der Waals surface area contributed by atoms with Crippen LogP contribution < -0.4 is 18.9 Å². The van der Waals surface area contributed by atoms with Gasteiger partial charge in [-0.1, -0.05) is 12.1 Å². The molecule has 0 N–H and O–H groups in total. The molecule has 1 saturated carbocycles. The molecule has 4 rings (SSSR count). The Morgan fingerprint density at radius 1 is 0.865 bits per heavy atom. The normalized spacial score (nSPS) is 21.1. The molecule has 0 radical (unpaired) electrons. The van der Waals surface area contributed by atoms with Gasteiger partial charge in [0.05, 0.1) is 46.5 Å². The van der Waals surface area contributed by atoms with Crippen LogP contribution in [0.5, 0.6) is 23.0 Å². The second-order valence-electron chi connectivity index (χ2n) is 9.08. The molecular formula is C29H33NO7. The molecule has 37 heavy (non-hydrogen) atoms. The zero-order chi connectivity index (χ0) is 26.7. The Morgan fingerprint density at radius 3 is 2.14 bits per heavy atom. The summed E-state index contributed by atoms with van der Waals surface area (Å²) in [7, 11) is 6.09. The molecule has 0 bridgehead atoms. The second-order valence-corrected chi connectivity index (χ2v) is 9.08. The van der Waals surface area contributed by atoms with Crippen LogP contribution in [0.2, 0.25) is 0 Å². The summed E-state index contributed by atoms with van der Waals surface area (Å²) in [5.41, 5.74) is 3.46. The maximum atomic E-state index is 13.8. The molecule has 2 aromatic carbocycles. The molecule has 1 aliphatic carbocycles. The van der Waals surface area contributed by atoms with Gasteiger partial charge in [0.25, 0.3) is 0 Å². The number of ketones is 1. The lowest BCUT2D eigenvalue weighted by Gasteiger charge is -2.38. The molecule has 0 spiro atoms. The number of esters is 1. The van der Waals surface area contributed by atoms with Gasteiger partial charge in [-0.3, -0.25) is 9.79 Å². The minimum atomic E-state index is -0.572. The van der Waals surface area contributed by atoms with Gasteiger partial charge in [-0.05, 0) is 61.6 Å². The lowest BCUT2D eigenvalue weighted by Crippen LogP contribution is -2.41. The van der Waals surface area contributed by atoms with Crippen molar-refractivity contribution in [3.05, 3.63) is 58.8 Å². The summed E-state index contributed by atoms with van der Waals surface area (Å²) in [6.45, 7) is 4.17. The molecule has 0 aromatic heterocycles. The van der Waals surface area contributed by atoms with Gasteiger partial charge in [-0.25, -0.2) is 4.79 Å². The Morgan fingerprint density at radius 2 is 1.49 bits per heavy atom. The summed E-state index contributed by atoms with van der Waals surface area (Å²) in [6, 6.07) is 11.3. The Kier molecular flexibility index (Phi) is 7.86. The second kappa shape index (κ2) is 11.1. The van der Waals surface area contributed by atoms with Crippen molar-refractivity contribution in [3.8, 4) is 23.0 Å². The van der Waals surface area contributed by atoms with Gasteiger partial charge in [-0.2, -0.15) is 0 Å². The number of methoxy groups -OCH3 is 4. The highest BCUT2D eigenvalue weighted by molar-refractivity contribution is 6.12. The SMILES string of the molecule is CCOc1ccc([C@@H]2C(C(=O)OC)=C(C)N=C3C[C@H](c4ccc(OC)c(OC)c4)CC(=O)C32)cc1OC. The van der Waals surface area contributed by atoms with Crippen molar-refractivity contribution in [3.63, 3.8) is 0 Å². The first-order chi connectivity index (χ1) is 17.9. The fourth-order valence-electron chi connectivity index (χ4n) is 5.41. The number of ether oxygens (including phenoxy) is 5. The summed E-state index contributed by atoms with van der Waals surface area (Å²) < 4.78 is 27.2. The molecule has 3 atom stereocenters. The first kappa shape index (κ1) is 26.3. The van der Waals surface area contributed by atoms with Crippen LogP contribution in [0.3, 0.4) is 0 Å². The zero-order valence-corrected chi connectivity index (χ0v) is 22.1. The van der Waals surface area contributed by atoms with Crippen molar-refractivity contribution in [2.75, 3.05) is 35.0 Å². The summed E-state index contributed by atoms with van der Waals surface area (Å²) in [5.74, 6) is 0.741. The smallest absolute Gasteiger partial charge is 0.336 e. The van der Waals surface area contributed by atoms with E-state index in [1.54, 1.807) is 28.3 Å². The Bertz CT molecular complexity index is 1260. The number of rotatable bonds is 8. The fraction of sp³-hybridized carbons (Fsp3) is 0.414. The van der Waals surface area contributed by atoms with E-state index in [2.05, 4.69) is 0 Å². The number of nitrogens with zero attached hydrogens (tertiary/aromatic N) is 1. The molecule has 1 aliphatic heterocycles. The standard InChI is InChI=1S/C29H33NO7/c1-7-37-23-11-9-18(15-25(23)35-5)27-26(29(32)36-6)16(2)30-20-12-19(13-21(31)28(20)27)17-8-10-22(33-3)24(14-17)34-4/h8-11,14-15,19,27-28H,7,12-13H2,1-6H3/t19-,27+,28?/m0/s1. The number of fused-ring (bicyclic) bond motifs is 1. The van der Waals surface area contributed by atoms with Gasteiger partial charge >= 0.3 is 5.97 Å². The van der Waals surface area contributed by atoms with Crippen LogP contribution in [-0.2, 0) is 14.3 Å². The van der Waals surface area contributed by atoms with Crippen molar-refractivity contribution >= 4 is 17.5 Å². The predicted octanol–water partition coefficient (Wildman–Crippen LogP) is 4.86. The number of benzene rings is 2. The Balaban J connectivity index is 1.78. The monoisotopic (exact) mass is 507 g/mol. The molecular weight excluding hydrogens is 474 g/mol. The number of hydrogen-bond donors (Lipinski definition) is 0. The van der Waals surface area contributed by atoms with Crippen molar-refractivity contribution in [2.24, 2.45) is 10.9 Å². The number of Topliss-reactive ketones (excluding diaryl/α,β-unsaturated/α-hetero) is 1. The van der Waals surface area contributed by atoms with Crippen LogP contribution in [0.25, 0.3) is 0 Å². The molecule has 8 heteroatoms. The molecule has 2 aromatic rings. The van der Waals surface area contributed by atoms with Crippen molar-refractivity contribution in [1.82, 2.24) is 0 Å². The third kappa shape index (κ3) is 4.92. The Labute approximate surface area is 217 Å². The van der Waals surface area contributed by atoms with Crippen LogP contribution in [0.15, 0.2) is 52.7 Å². The molecule has 2 aliphatic rings.